The molecule has 1 aromatic carbocycles. The molecular formula is C23H31N3O4S. The molecule has 3 aromatic rings. The Hall–Kier alpha value is -2.71. The molecule has 8 heteroatoms. The highest BCUT2D eigenvalue weighted by Crippen LogP contribution is 2.26. The lowest BCUT2D eigenvalue weighted by atomic mass is 10.1. The van der Waals surface area contributed by atoms with Crippen molar-refractivity contribution in [2.75, 3.05) is 13.3 Å². The largest absolute Gasteiger partial charge is 0.340 e. The number of imidazole rings is 1. The number of hydrogen-bond acceptors (Lipinski definition) is 4. The Labute approximate surface area is 184 Å². The molecule has 0 saturated heterocycles. The van der Waals surface area contributed by atoms with Gasteiger partial charge in [0.1, 0.15) is 5.65 Å². The van der Waals surface area contributed by atoms with E-state index in [0.717, 1.165) is 29.0 Å². The van der Waals surface area contributed by atoms with Gasteiger partial charge in [-0.25, -0.2) is 4.98 Å². The molecule has 0 aliphatic rings. The number of nitrogens with zero attached hydrogens (tertiary/aromatic N) is 3. The number of aryl methyl sites for hydroxylation is 1. The van der Waals surface area contributed by atoms with Crippen molar-refractivity contribution in [1.82, 2.24) is 14.3 Å². The molecular weight excluding hydrogens is 414 g/mol. The van der Waals surface area contributed by atoms with Crippen molar-refractivity contribution < 1.29 is 17.8 Å². The minimum atomic E-state index is -3.67. The zero-order valence-electron chi connectivity index (χ0n) is 18.7. The van der Waals surface area contributed by atoms with Crippen LogP contribution in [0.3, 0.4) is 0 Å². The minimum Gasteiger partial charge on any atom is -0.340 e. The quantitative estimate of drug-likeness (QED) is 0.578. The smallest absolute Gasteiger partial charge is 0.261 e. The third-order valence-electron chi connectivity index (χ3n) is 4.66. The van der Waals surface area contributed by atoms with Gasteiger partial charge in [-0.2, -0.15) is 8.42 Å². The van der Waals surface area contributed by atoms with Crippen LogP contribution < -0.4 is 0 Å². The second kappa shape index (κ2) is 10.5. The van der Waals surface area contributed by atoms with Crippen molar-refractivity contribution >= 4 is 21.7 Å². The van der Waals surface area contributed by atoms with Crippen LogP contribution in [0.4, 0.5) is 0 Å². The molecule has 1 amide bonds. The van der Waals surface area contributed by atoms with Crippen LogP contribution in [0.15, 0.2) is 48.7 Å². The first-order valence-electron chi connectivity index (χ1n) is 10.2. The molecule has 0 radical (unpaired) electrons. The van der Waals surface area contributed by atoms with Crippen molar-refractivity contribution in [2.24, 2.45) is 5.92 Å². The number of hydrogen-bond donors (Lipinski definition) is 1. The van der Waals surface area contributed by atoms with E-state index in [1.54, 1.807) is 4.90 Å². The fraction of sp³-hybridized carbons (Fsp3) is 0.391. The van der Waals surface area contributed by atoms with Gasteiger partial charge < -0.3 is 9.30 Å². The fourth-order valence-electron chi connectivity index (χ4n) is 3.15. The summed E-state index contributed by atoms with van der Waals surface area (Å²) in [7, 11) is -1.79. The highest BCUT2D eigenvalue weighted by Gasteiger charge is 2.18. The van der Waals surface area contributed by atoms with Crippen molar-refractivity contribution in [3.8, 4) is 11.3 Å². The third kappa shape index (κ3) is 7.48. The summed E-state index contributed by atoms with van der Waals surface area (Å²) in [6.45, 7) is 6.84. The van der Waals surface area contributed by atoms with Gasteiger partial charge >= 0.3 is 0 Å². The van der Waals surface area contributed by atoms with E-state index in [1.165, 1.54) is 5.56 Å². The first-order chi connectivity index (χ1) is 14.5. The van der Waals surface area contributed by atoms with Crippen molar-refractivity contribution in [2.45, 2.75) is 40.2 Å². The molecule has 0 bridgehead atoms. The molecule has 0 unspecified atom stereocenters. The van der Waals surface area contributed by atoms with Crippen molar-refractivity contribution in [3.05, 3.63) is 59.9 Å². The van der Waals surface area contributed by atoms with E-state index in [4.69, 9.17) is 9.54 Å². The number of carbonyl (C=O) groups excluding carboxylic acids is 1. The van der Waals surface area contributed by atoms with Gasteiger partial charge in [0, 0.05) is 25.2 Å². The number of fused-ring (bicyclic) bond motifs is 1. The maximum absolute atomic E-state index is 12.4. The van der Waals surface area contributed by atoms with E-state index in [9.17, 15) is 13.2 Å². The molecule has 1 N–H and O–H groups in total. The van der Waals surface area contributed by atoms with Gasteiger partial charge in [-0.15, -0.1) is 0 Å². The maximum Gasteiger partial charge on any atom is 0.261 e. The molecule has 0 atom stereocenters. The van der Waals surface area contributed by atoms with E-state index in [-0.39, 0.29) is 5.91 Å². The lowest BCUT2D eigenvalue weighted by Gasteiger charge is -2.19. The number of carbonyl (C=O) groups is 1. The third-order valence-corrected chi connectivity index (χ3v) is 4.66. The fourth-order valence-corrected chi connectivity index (χ4v) is 3.15. The van der Waals surface area contributed by atoms with Crippen LogP contribution in [0, 0.1) is 5.92 Å². The van der Waals surface area contributed by atoms with E-state index >= 15 is 0 Å². The molecule has 168 valence electrons. The van der Waals surface area contributed by atoms with Crippen molar-refractivity contribution in [1.29, 1.82) is 0 Å². The van der Waals surface area contributed by atoms with E-state index in [1.807, 2.05) is 31.4 Å². The summed E-state index contributed by atoms with van der Waals surface area (Å²) in [5.41, 5.74) is 5.29. The van der Waals surface area contributed by atoms with Crippen LogP contribution in [-0.4, -0.2) is 46.5 Å². The number of benzene rings is 1. The lowest BCUT2D eigenvalue weighted by Crippen LogP contribution is -2.27. The Balaban J connectivity index is 0.000000614. The standard InChI is InChI=1S/C22H27N3O.CH4O3S/c1-5-17-9-11-18(12-10-17)22-19(15-24(4)21(26)14-16(2)3)25-13-7-6-8-20(25)23-22;1-5(2,3)4/h6-13,16H,5,14-15H2,1-4H3;1H3,(H,2,3,4). The molecule has 0 aliphatic carbocycles. The second-order valence-corrected chi connectivity index (χ2v) is 9.43. The first-order valence-corrected chi connectivity index (χ1v) is 12.1. The average Bonchev–Trinajstić information content (AvgIpc) is 3.05. The molecule has 2 aromatic heterocycles. The maximum atomic E-state index is 12.4. The zero-order chi connectivity index (χ0) is 23.2. The van der Waals surface area contributed by atoms with Gasteiger partial charge in [0.15, 0.2) is 0 Å². The van der Waals surface area contributed by atoms with Crippen LogP contribution >= 0.6 is 0 Å². The molecule has 0 spiro atoms. The topological polar surface area (TPSA) is 92.0 Å². The first kappa shape index (κ1) is 24.6. The monoisotopic (exact) mass is 445 g/mol. The highest BCUT2D eigenvalue weighted by atomic mass is 32.2. The average molecular weight is 446 g/mol. The second-order valence-electron chi connectivity index (χ2n) is 7.97. The molecule has 31 heavy (non-hydrogen) atoms. The Kier molecular flexibility index (Phi) is 8.36. The minimum absolute atomic E-state index is 0.165. The Morgan fingerprint density at radius 1 is 1.16 bits per heavy atom. The molecule has 3 rings (SSSR count). The van der Waals surface area contributed by atoms with E-state index in [2.05, 4.69) is 49.4 Å². The predicted molar refractivity (Wildman–Crippen MR) is 123 cm³/mol. The SMILES string of the molecule is CCc1ccc(-c2nc3ccccn3c2CN(C)C(=O)CC(C)C)cc1.CS(=O)(=O)O. The predicted octanol–water partition coefficient (Wildman–Crippen LogP) is 4.07. The molecule has 0 fully saturated rings. The van der Waals surface area contributed by atoms with Crippen LogP contribution in [0.5, 0.6) is 0 Å². The summed E-state index contributed by atoms with van der Waals surface area (Å²) in [5.74, 6) is 0.520. The number of aromatic nitrogens is 2. The summed E-state index contributed by atoms with van der Waals surface area (Å²) in [6.07, 6.45) is 4.31. The Morgan fingerprint density at radius 3 is 2.32 bits per heavy atom. The summed E-state index contributed by atoms with van der Waals surface area (Å²) in [5, 5.41) is 0. The van der Waals surface area contributed by atoms with Gasteiger partial charge in [0.05, 0.1) is 24.2 Å². The summed E-state index contributed by atoms with van der Waals surface area (Å²) in [6, 6.07) is 14.5. The normalized spacial score (nSPS) is 11.3. The van der Waals surface area contributed by atoms with Gasteiger partial charge in [-0.05, 0) is 30.0 Å². The van der Waals surface area contributed by atoms with Crippen LogP contribution in [0.25, 0.3) is 16.9 Å². The lowest BCUT2D eigenvalue weighted by molar-refractivity contribution is -0.131. The van der Waals surface area contributed by atoms with Crippen LogP contribution in [0.1, 0.15) is 38.4 Å². The molecule has 7 nitrogen and oxygen atoms in total. The molecule has 0 aliphatic heterocycles. The van der Waals surface area contributed by atoms with Gasteiger partial charge in [-0.1, -0.05) is 51.1 Å². The molecule has 0 saturated carbocycles. The summed E-state index contributed by atoms with van der Waals surface area (Å²) in [4.78, 5) is 19.1. The van der Waals surface area contributed by atoms with E-state index < -0.39 is 10.1 Å². The number of pyridine rings is 1. The number of rotatable bonds is 6. The summed E-state index contributed by atoms with van der Waals surface area (Å²) < 4.78 is 28.0. The van der Waals surface area contributed by atoms with Crippen molar-refractivity contribution in [3.63, 3.8) is 0 Å². The Morgan fingerprint density at radius 2 is 1.77 bits per heavy atom. The zero-order valence-corrected chi connectivity index (χ0v) is 19.6. The van der Waals surface area contributed by atoms with Gasteiger partial charge in [0.25, 0.3) is 10.1 Å². The highest BCUT2D eigenvalue weighted by molar-refractivity contribution is 7.85. The summed E-state index contributed by atoms with van der Waals surface area (Å²) >= 11 is 0. The van der Waals surface area contributed by atoms with Crippen LogP contribution in [0.2, 0.25) is 0 Å². The van der Waals surface area contributed by atoms with E-state index in [0.29, 0.717) is 25.1 Å². The molecule has 2 heterocycles. The van der Waals surface area contributed by atoms with Gasteiger partial charge in [-0.3, -0.25) is 9.35 Å². The van der Waals surface area contributed by atoms with Crippen LogP contribution in [-0.2, 0) is 27.9 Å². The van der Waals surface area contributed by atoms with Gasteiger partial charge in [0.2, 0.25) is 5.91 Å². The number of amides is 1. The Bertz CT molecular complexity index is 1110.